The van der Waals surface area contributed by atoms with Gasteiger partial charge in [0.25, 0.3) is 0 Å². The fourth-order valence-corrected chi connectivity index (χ4v) is 4.97. The number of allylic oxidation sites excluding steroid dienone is 7. The molecule has 0 amide bonds. The van der Waals surface area contributed by atoms with Crippen molar-refractivity contribution < 1.29 is 4.79 Å². The van der Waals surface area contributed by atoms with Crippen LogP contribution in [-0.4, -0.2) is 5.78 Å². The summed E-state index contributed by atoms with van der Waals surface area (Å²) in [4.78, 5) is 11.8. The van der Waals surface area contributed by atoms with E-state index in [2.05, 4.69) is 25.7 Å². The minimum absolute atomic E-state index is 0.147. The Labute approximate surface area is 121 Å². The molecule has 0 radical (unpaired) electrons. The summed E-state index contributed by atoms with van der Waals surface area (Å²) in [6, 6.07) is 0. The van der Waals surface area contributed by atoms with Crippen molar-refractivity contribution >= 4 is 5.78 Å². The first-order valence-electron chi connectivity index (χ1n) is 7.94. The zero-order chi connectivity index (χ0) is 13.9. The van der Waals surface area contributed by atoms with E-state index in [4.69, 9.17) is 0 Å². The molecule has 0 bridgehead atoms. The molecule has 0 N–H and O–H groups in total. The average Bonchev–Trinajstić information content (AvgIpc) is 2.82. The monoisotopic (exact) mass is 266 g/mol. The minimum atomic E-state index is 0.147. The van der Waals surface area contributed by atoms with Crippen molar-refractivity contribution in [3.63, 3.8) is 0 Å². The van der Waals surface area contributed by atoms with Crippen molar-refractivity contribution in [2.45, 2.75) is 45.4 Å². The van der Waals surface area contributed by atoms with Gasteiger partial charge in [-0.05, 0) is 71.3 Å². The van der Waals surface area contributed by atoms with Crippen LogP contribution in [0.3, 0.4) is 0 Å². The van der Waals surface area contributed by atoms with E-state index in [1.165, 1.54) is 42.4 Å². The number of rotatable bonds is 0. The third kappa shape index (κ3) is 1.58. The molecule has 0 heterocycles. The summed E-state index contributed by atoms with van der Waals surface area (Å²) >= 11 is 0. The highest BCUT2D eigenvalue weighted by Crippen LogP contribution is 2.57. The number of ketones is 1. The molecule has 4 aliphatic carbocycles. The van der Waals surface area contributed by atoms with Crippen LogP contribution >= 0.6 is 0 Å². The summed E-state index contributed by atoms with van der Waals surface area (Å²) in [6.07, 6.45) is 13.9. The predicted octanol–water partition coefficient (Wildman–Crippen LogP) is 4.52. The first-order valence-corrected chi connectivity index (χ1v) is 7.94. The molecule has 20 heavy (non-hydrogen) atoms. The highest BCUT2D eigenvalue weighted by molar-refractivity contribution is 6.06. The SMILES string of the molecule is C=C1CC2=C3C=C[C@]4(C)CCC[C@H]4[C@@H]3CCC2=CC1=O. The van der Waals surface area contributed by atoms with Crippen molar-refractivity contribution in [1.29, 1.82) is 0 Å². The number of carbonyl (C=O) groups is 1. The first-order chi connectivity index (χ1) is 9.58. The van der Waals surface area contributed by atoms with Gasteiger partial charge in [0.1, 0.15) is 0 Å². The fourth-order valence-electron chi connectivity index (χ4n) is 4.97. The molecule has 1 nitrogen and oxygen atoms in total. The van der Waals surface area contributed by atoms with Crippen molar-refractivity contribution in [1.82, 2.24) is 0 Å². The Balaban J connectivity index is 1.84. The largest absolute Gasteiger partial charge is 0.290 e. The molecular formula is C19H22O. The zero-order valence-electron chi connectivity index (χ0n) is 12.2. The van der Waals surface area contributed by atoms with Crippen LogP contribution in [0.25, 0.3) is 0 Å². The van der Waals surface area contributed by atoms with E-state index in [0.29, 0.717) is 5.41 Å². The summed E-state index contributed by atoms with van der Waals surface area (Å²) in [5.74, 6) is 1.69. The third-order valence-corrected chi connectivity index (χ3v) is 6.11. The Bertz CT molecular complexity index is 601. The molecule has 104 valence electrons. The van der Waals surface area contributed by atoms with Crippen LogP contribution in [0, 0.1) is 17.3 Å². The van der Waals surface area contributed by atoms with Gasteiger partial charge < -0.3 is 0 Å². The van der Waals surface area contributed by atoms with Crippen LogP contribution in [0.15, 0.2) is 47.1 Å². The number of fused-ring (bicyclic) bond motifs is 4. The molecule has 4 rings (SSSR count). The molecule has 3 atom stereocenters. The van der Waals surface area contributed by atoms with Gasteiger partial charge in [-0.1, -0.05) is 32.1 Å². The smallest absolute Gasteiger partial charge is 0.181 e. The maximum absolute atomic E-state index is 11.8. The second-order valence-corrected chi connectivity index (χ2v) is 7.23. The van der Waals surface area contributed by atoms with Gasteiger partial charge in [0.15, 0.2) is 5.78 Å². The average molecular weight is 266 g/mol. The Hall–Kier alpha value is -1.37. The normalized spacial score (nSPS) is 39.4. The van der Waals surface area contributed by atoms with Crippen LogP contribution in [-0.2, 0) is 4.79 Å². The molecule has 0 unspecified atom stereocenters. The van der Waals surface area contributed by atoms with Gasteiger partial charge in [0.05, 0.1) is 0 Å². The van der Waals surface area contributed by atoms with Gasteiger partial charge in [-0.2, -0.15) is 0 Å². The highest BCUT2D eigenvalue weighted by atomic mass is 16.1. The summed E-state index contributed by atoms with van der Waals surface area (Å²) in [7, 11) is 0. The first kappa shape index (κ1) is 12.4. The van der Waals surface area contributed by atoms with Gasteiger partial charge in [0.2, 0.25) is 0 Å². The van der Waals surface area contributed by atoms with Gasteiger partial charge in [-0.3, -0.25) is 4.79 Å². The molecule has 1 heteroatoms. The maximum Gasteiger partial charge on any atom is 0.181 e. The Morgan fingerprint density at radius 3 is 3.05 bits per heavy atom. The minimum Gasteiger partial charge on any atom is -0.290 e. The topological polar surface area (TPSA) is 17.1 Å². The molecule has 4 aliphatic rings. The molecule has 1 saturated carbocycles. The lowest BCUT2D eigenvalue weighted by Crippen LogP contribution is -2.34. The lowest BCUT2D eigenvalue weighted by Gasteiger charge is -2.43. The summed E-state index contributed by atoms with van der Waals surface area (Å²) in [5.41, 5.74) is 5.44. The quantitative estimate of drug-likeness (QED) is 0.589. The maximum atomic E-state index is 11.8. The molecule has 0 aromatic heterocycles. The van der Waals surface area contributed by atoms with E-state index in [1.807, 2.05) is 6.08 Å². The standard InChI is InChI=1S/C19H22O/c1-12-10-16-13(11-18(12)20)5-6-15-14(16)7-9-19(2)8-3-4-17(15)19/h7,9,11,15,17H,1,3-6,8,10H2,2H3/t15-,17+,19+/m1/s1. The Kier molecular flexibility index (Phi) is 2.52. The van der Waals surface area contributed by atoms with Crippen molar-refractivity contribution in [2.24, 2.45) is 17.3 Å². The van der Waals surface area contributed by atoms with E-state index >= 15 is 0 Å². The van der Waals surface area contributed by atoms with E-state index in [0.717, 1.165) is 30.3 Å². The van der Waals surface area contributed by atoms with Crippen LogP contribution in [0.5, 0.6) is 0 Å². The van der Waals surface area contributed by atoms with E-state index in [-0.39, 0.29) is 5.78 Å². The van der Waals surface area contributed by atoms with E-state index in [1.54, 1.807) is 0 Å². The zero-order valence-corrected chi connectivity index (χ0v) is 12.2. The number of hydrogen-bond donors (Lipinski definition) is 0. The van der Waals surface area contributed by atoms with Gasteiger partial charge in [-0.25, -0.2) is 0 Å². The third-order valence-electron chi connectivity index (χ3n) is 6.11. The second kappa shape index (κ2) is 4.07. The molecule has 0 aromatic rings. The predicted molar refractivity (Wildman–Crippen MR) is 81.2 cm³/mol. The second-order valence-electron chi connectivity index (χ2n) is 7.23. The van der Waals surface area contributed by atoms with Gasteiger partial charge in [-0.15, -0.1) is 0 Å². The molecule has 0 aliphatic heterocycles. The van der Waals surface area contributed by atoms with Gasteiger partial charge >= 0.3 is 0 Å². The Morgan fingerprint density at radius 2 is 2.20 bits per heavy atom. The lowest BCUT2D eigenvalue weighted by molar-refractivity contribution is -0.111. The van der Waals surface area contributed by atoms with E-state index < -0.39 is 0 Å². The molecule has 0 aromatic carbocycles. The van der Waals surface area contributed by atoms with Crippen LogP contribution in [0.2, 0.25) is 0 Å². The van der Waals surface area contributed by atoms with Crippen LogP contribution in [0.4, 0.5) is 0 Å². The van der Waals surface area contributed by atoms with E-state index in [9.17, 15) is 4.79 Å². The van der Waals surface area contributed by atoms with Crippen molar-refractivity contribution in [2.75, 3.05) is 0 Å². The summed E-state index contributed by atoms with van der Waals surface area (Å²) in [5, 5.41) is 0. The van der Waals surface area contributed by atoms with Crippen LogP contribution < -0.4 is 0 Å². The summed E-state index contributed by atoms with van der Waals surface area (Å²) in [6.45, 7) is 6.39. The molecule has 1 fully saturated rings. The lowest BCUT2D eigenvalue weighted by atomic mass is 9.61. The van der Waals surface area contributed by atoms with Crippen molar-refractivity contribution in [3.8, 4) is 0 Å². The molecule has 0 saturated heterocycles. The van der Waals surface area contributed by atoms with Crippen molar-refractivity contribution in [3.05, 3.63) is 47.1 Å². The molecule has 0 spiro atoms. The molecular weight excluding hydrogens is 244 g/mol. The number of hydrogen-bond acceptors (Lipinski definition) is 1. The van der Waals surface area contributed by atoms with Crippen LogP contribution in [0.1, 0.15) is 45.4 Å². The Morgan fingerprint density at radius 1 is 1.35 bits per heavy atom. The van der Waals surface area contributed by atoms with Gasteiger partial charge in [0, 0.05) is 6.42 Å². The fraction of sp³-hybridized carbons (Fsp3) is 0.526. The number of carbonyl (C=O) groups excluding carboxylic acids is 1. The highest BCUT2D eigenvalue weighted by Gasteiger charge is 2.46. The summed E-state index contributed by atoms with van der Waals surface area (Å²) < 4.78 is 0.